The average molecular weight is 250 g/mol. The number of nitrogens with zero attached hydrogens (tertiary/aromatic N) is 1. The van der Waals surface area contributed by atoms with Gasteiger partial charge < -0.3 is 10.2 Å². The molecule has 1 aromatic rings. The van der Waals surface area contributed by atoms with Gasteiger partial charge in [-0.05, 0) is 43.9 Å². The smallest absolute Gasteiger partial charge is 0.317 e. The van der Waals surface area contributed by atoms with E-state index in [2.05, 4.69) is 5.32 Å². The molecule has 0 saturated carbocycles. The van der Waals surface area contributed by atoms with Gasteiger partial charge in [0, 0.05) is 13.1 Å². The molecule has 1 aliphatic rings. The van der Waals surface area contributed by atoms with Gasteiger partial charge in [-0.1, -0.05) is 12.1 Å². The fraction of sp³-hybridized carbons (Fsp3) is 0.500. The van der Waals surface area contributed by atoms with Crippen LogP contribution in [0.1, 0.15) is 37.8 Å². The number of piperidine rings is 1. The lowest BCUT2D eigenvalue weighted by molar-refractivity contribution is 0.183. The summed E-state index contributed by atoms with van der Waals surface area (Å²) in [7, 11) is 0. The molecule has 0 radical (unpaired) electrons. The van der Waals surface area contributed by atoms with Crippen LogP contribution in [0.3, 0.4) is 0 Å². The molecule has 1 fully saturated rings. The highest BCUT2D eigenvalue weighted by atomic mass is 19.1. The average Bonchev–Trinajstić information content (AvgIpc) is 2.39. The van der Waals surface area contributed by atoms with Crippen molar-refractivity contribution in [2.75, 3.05) is 13.1 Å². The number of benzene rings is 1. The van der Waals surface area contributed by atoms with Gasteiger partial charge in [-0.15, -0.1) is 0 Å². The summed E-state index contributed by atoms with van der Waals surface area (Å²) in [5.41, 5.74) is 0.792. The Labute approximate surface area is 107 Å². The molecule has 1 aromatic carbocycles. The van der Waals surface area contributed by atoms with Crippen LogP contribution < -0.4 is 5.32 Å². The van der Waals surface area contributed by atoms with Crippen LogP contribution in [0.5, 0.6) is 0 Å². The van der Waals surface area contributed by atoms with E-state index in [1.54, 1.807) is 6.07 Å². The third-order valence-corrected chi connectivity index (χ3v) is 3.33. The van der Waals surface area contributed by atoms with E-state index in [-0.39, 0.29) is 17.9 Å². The molecule has 1 saturated heterocycles. The first-order valence-corrected chi connectivity index (χ1v) is 6.48. The molecule has 1 heterocycles. The summed E-state index contributed by atoms with van der Waals surface area (Å²) in [6.45, 7) is 3.51. The summed E-state index contributed by atoms with van der Waals surface area (Å²) >= 11 is 0. The first-order chi connectivity index (χ1) is 8.66. The SMILES string of the molecule is CC(NC(=O)N1CCCCC1)c1cccc(F)c1. The molecular weight excluding hydrogens is 231 g/mol. The number of hydrogen-bond acceptors (Lipinski definition) is 1. The zero-order chi connectivity index (χ0) is 13.0. The highest BCUT2D eigenvalue weighted by molar-refractivity contribution is 5.74. The lowest BCUT2D eigenvalue weighted by Gasteiger charge is -2.28. The maximum Gasteiger partial charge on any atom is 0.317 e. The Kier molecular flexibility index (Phi) is 4.18. The highest BCUT2D eigenvalue weighted by Gasteiger charge is 2.18. The first kappa shape index (κ1) is 12.9. The molecule has 0 spiro atoms. The summed E-state index contributed by atoms with van der Waals surface area (Å²) < 4.78 is 13.1. The van der Waals surface area contributed by atoms with Gasteiger partial charge in [0.2, 0.25) is 0 Å². The second kappa shape index (κ2) is 5.85. The van der Waals surface area contributed by atoms with Crippen LogP contribution in [0.2, 0.25) is 0 Å². The number of likely N-dealkylation sites (tertiary alicyclic amines) is 1. The number of carbonyl (C=O) groups excluding carboxylic acids is 1. The van der Waals surface area contributed by atoms with Crippen LogP contribution in [-0.4, -0.2) is 24.0 Å². The summed E-state index contributed by atoms with van der Waals surface area (Å²) in [5.74, 6) is -0.272. The van der Waals surface area contributed by atoms with E-state index in [9.17, 15) is 9.18 Å². The monoisotopic (exact) mass is 250 g/mol. The van der Waals surface area contributed by atoms with Crippen molar-refractivity contribution >= 4 is 6.03 Å². The van der Waals surface area contributed by atoms with Gasteiger partial charge in [-0.3, -0.25) is 0 Å². The van der Waals surface area contributed by atoms with E-state index in [0.717, 1.165) is 31.5 Å². The van der Waals surface area contributed by atoms with Crippen LogP contribution in [0.15, 0.2) is 24.3 Å². The number of rotatable bonds is 2. The van der Waals surface area contributed by atoms with E-state index < -0.39 is 0 Å². The molecule has 1 aliphatic heterocycles. The van der Waals surface area contributed by atoms with Gasteiger partial charge in [-0.2, -0.15) is 0 Å². The Bertz CT molecular complexity index is 416. The number of halogens is 1. The lowest BCUT2D eigenvalue weighted by atomic mass is 10.1. The predicted octanol–water partition coefficient (Wildman–Crippen LogP) is 3.08. The summed E-state index contributed by atoms with van der Waals surface area (Å²) in [4.78, 5) is 13.8. The van der Waals surface area contributed by atoms with Gasteiger partial charge in [0.25, 0.3) is 0 Å². The third kappa shape index (κ3) is 3.22. The molecule has 4 heteroatoms. The van der Waals surface area contributed by atoms with Crippen LogP contribution in [0.4, 0.5) is 9.18 Å². The fourth-order valence-electron chi connectivity index (χ4n) is 2.23. The van der Waals surface area contributed by atoms with E-state index in [1.807, 2.05) is 17.9 Å². The molecule has 98 valence electrons. The Morgan fingerprint density at radius 3 is 2.72 bits per heavy atom. The minimum absolute atomic E-state index is 0.0496. The van der Waals surface area contributed by atoms with E-state index in [0.29, 0.717) is 0 Å². The van der Waals surface area contributed by atoms with Crippen molar-refractivity contribution in [2.45, 2.75) is 32.2 Å². The molecule has 18 heavy (non-hydrogen) atoms. The lowest BCUT2D eigenvalue weighted by Crippen LogP contribution is -2.43. The number of urea groups is 1. The largest absolute Gasteiger partial charge is 0.331 e. The van der Waals surface area contributed by atoms with Crippen LogP contribution in [0.25, 0.3) is 0 Å². The van der Waals surface area contributed by atoms with Gasteiger partial charge in [0.05, 0.1) is 6.04 Å². The maximum absolute atomic E-state index is 13.1. The number of hydrogen-bond donors (Lipinski definition) is 1. The van der Waals surface area contributed by atoms with Crippen molar-refractivity contribution in [3.05, 3.63) is 35.6 Å². The topological polar surface area (TPSA) is 32.3 Å². The van der Waals surface area contributed by atoms with Crippen molar-refractivity contribution in [1.82, 2.24) is 10.2 Å². The Morgan fingerprint density at radius 2 is 2.06 bits per heavy atom. The van der Waals surface area contributed by atoms with Gasteiger partial charge in [0.15, 0.2) is 0 Å². The normalized spacial score (nSPS) is 17.3. The summed E-state index contributed by atoms with van der Waals surface area (Å²) in [6, 6.07) is 6.13. The van der Waals surface area contributed by atoms with Crippen molar-refractivity contribution in [1.29, 1.82) is 0 Å². The van der Waals surface area contributed by atoms with E-state index in [4.69, 9.17) is 0 Å². The van der Waals surface area contributed by atoms with Crippen molar-refractivity contribution in [3.8, 4) is 0 Å². The van der Waals surface area contributed by atoms with Crippen LogP contribution in [-0.2, 0) is 0 Å². The number of amides is 2. The zero-order valence-electron chi connectivity index (χ0n) is 10.7. The minimum atomic E-state index is -0.272. The molecular formula is C14H19FN2O. The van der Waals surface area contributed by atoms with Crippen molar-refractivity contribution < 1.29 is 9.18 Å². The quantitative estimate of drug-likeness (QED) is 0.859. The van der Waals surface area contributed by atoms with Crippen molar-refractivity contribution in [3.63, 3.8) is 0 Å². The molecule has 0 aromatic heterocycles. The second-order valence-corrected chi connectivity index (χ2v) is 4.77. The maximum atomic E-state index is 13.1. The Hall–Kier alpha value is -1.58. The van der Waals surface area contributed by atoms with Gasteiger partial charge >= 0.3 is 6.03 Å². The fourth-order valence-corrected chi connectivity index (χ4v) is 2.23. The molecule has 1 atom stereocenters. The third-order valence-electron chi connectivity index (χ3n) is 3.33. The molecule has 3 nitrogen and oxygen atoms in total. The van der Waals surface area contributed by atoms with Crippen LogP contribution >= 0.6 is 0 Å². The summed E-state index contributed by atoms with van der Waals surface area (Å²) in [6.07, 6.45) is 3.34. The Balaban J connectivity index is 1.94. The highest BCUT2D eigenvalue weighted by Crippen LogP contribution is 2.15. The molecule has 2 amide bonds. The predicted molar refractivity (Wildman–Crippen MR) is 68.8 cm³/mol. The molecule has 0 bridgehead atoms. The molecule has 2 rings (SSSR count). The van der Waals surface area contributed by atoms with Crippen molar-refractivity contribution in [2.24, 2.45) is 0 Å². The van der Waals surface area contributed by atoms with E-state index >= 15 is 0 Å². The van der Waals surface area contributed by atoms with Gasteiger partial charge in [0.1, 0.15) is 5.82 Å². The van der Waals surface area contributed by atoms with Gasteiger partial charge in [-0.25, -0.2) is 9.18 Å². The number of carbonyl (C=O) groups is 1. The zero-order valence-corrected chi connectivity index (χ0v) is 10.7. The number of nitrogens with one attached hydrogen (secondary N) is 1. The first-order valence-electron chi connectivity index (χ1n) is 6.48. The molecule has 0 aliphatic carbocycles. The van der Waals surface area contributed by atoms with E-state index in [1.165, 1.54) is 18.6 Å². The second-order valence-electron chi connectivity index (χ2n) is 4.77. The minimum Gasteiger partial charge on any atom is -0.331 e. The molecule has 1 unspecified atom stereocenters. The Morgan fingerprint density at radius 1 is 1.33 bits per heavy atom. The molecule has 1 N–H and O–H groups in total. The summed E-state index contributed by atoms with van der Waals surface area (Å²) in [5, 5.41) is 2.91. The standard InChI is InChI=1S/C14H19FN2O/c1-11(12-6-5-7-13(15)10-12)16-14(18)17-8-3-2-4-9-17/h5-7,10-11H,2-4,8-9H2,1H3,(H,16,18). The van der Waals surface area contributed by atoms with Crippen LogP contribution in [0, 0.1) is 5.82 Å².